The van der Waals surface area contributed by atoms with E-state index in [-0.39, 0.29) is 17.2 Å². The Morgan fingerprint density at radius 1 is 1.10 bits per heavy atom. The van der Waals surface area contributed by atoms with Gasteiger partial charge in [-0.1, -0.05) is 6.07 Å². The number of carbonyl (C=O) groups is 1. The minimum absolute atomic E-state index is 0.220. The van der Waals surface area contributed by atoms with Crippen molar-refractivity contribution in [3.05, 3.63) is 48.0 Å². The zero-order valence-electron chi connectivity index (χ0n) is 15.7. The number of hydrogen-bond donors (Lipinski definition) is 1. The van der Waals surface area contributed by atoms with E-state index in [0.717, 1.165) is 23.4 Å². The Hall–Kier alpha value is -2.75. The van der Waals surface area contributed by atoms with Crippen LogP contribution >= 0.6 is 11.8 Å². The summed E-state index contributed by atoms with van der Waals surface area (Å²) in [5.74, 6) is 1.56. The number of hydrogen-bond acceptors (Lipinski definition) is 5. The second-order valence-electron chi connectivity index (χ2n) is 6.03. The van der Waals surface area contributed by atoms with Crippen LogP contribution in [-0.2, 0) is 0 Å². The molecule has 0 aromatic heterocycles. The van der Waals surface area contributed by atoms with Crippen molar-refractivity contribution < 1.29 is 32.2 Å². The largest absolute Gasteiger partial charge is 0.573 e. The summed E-state index contributed by atoms with van der Waals surface area (Å²) in [4.78, 5) is 14.4. The first-order valence-electron chi connectivity index (χ1n) is 8.57. The van der Waals surface area contributed by atoms with Crippen molar-refractivity contribution in [1.82, 2.24) is 4.90 Å². The fourth-order valence-electron chi connectivity index (χ4n) is 2.90. The third kappa shape index (κ3) is 5.20. The fraction of sp³-hybridized carbons (Fsp3) is 0.316. The Balaban J connectivity index is 1.70. The van der Waals surface area contributed by atoms with Crippen molar-refractivity contribution in [3.63, 3.8) is 0 Å². The number of urea groups is 1. The normalized spacial score (nSPS) is 16.4. The van der Waals surface area contributed by atoms with Crippen molar-refractivity contribution in [3.8, 4) is 17.2 Å². The summed E-state index contributed by atoms with van der Waals surface area (Å²) >= 11 is 1.61. The van der Waals surface area contributed by atoms with Gasteiger partial charge in [-0.15, -0.1) is 24.9 Å². The second-order valence-corrected chi connectivity index (χ2v) is 7.22. The third-order valence-corrected chi connectivity index (χ3v) is 5.44. The van der Waals surface area contributed by atoms with Crippen LogP contribution in [0.1, 0.15) is 10.9 Å². The van der Waals surface area contributed by atoms with Gasteiger partial charge in [0.2, 0.25) is 0 Å². The zero-order chi connectivity index (χ0) is 21.0. The van der Waals surface area contributed by atoms with Crippen molar-refractivity contribution in [2.24, 2.45) is 0 Å². The second kappa shape index (κ2) is 8.73. The Morgan fingerprint density at radius 2 is 1.79 bits per heavy atom. The lowest BCUT2D eigenvalue weighted by Gasteiger charge is -2.25. The molecule has 0 bridgehead atoms. The van der Waals surface area contributed by atoms with Crippen molar-refractivity contribution >= 4 is 23.5 Å². The molecule has 3 rings (SSSR count). The predicted octanol–water partition coefficient (Wildman–Crippen LogP) is 4.88. The first kappa shape index (κ1) is 21.0. The van der Waals surface area contributed by atoms with Gasteiger partial charge in [-0.3, -0.25) is 0 Å². The molecule has 0 aliphatic carbocycles. The Kier molecular flexibility index (Phi) is 6.31. The first-order valence-corrected chi connectivity index (χ1v) is 9.62. The summed E-state index contributed by atoms with van der Waals surface area (Å²) < 4.78 is 51.1. The van der Waals surface area contributed by atoms with Gasteiger partial charge in [-0.05, 0) is 42.0 Å². The molecule has 0 spiro atoms. The van der Waals surface area contributed by atoms with Gasteiger partial charge in [0.1, 0.15) is 11.1 Å². The van der Waals surface area contributed by atoms with Gasteiger partial charge in [-0.2, -0.15) is 0 Å². The topological polar surface area (TPSA) is 60.0 Å². The number of carbonyl (C=O) groups excluding carboxylic acids is 1. The van der Waals surface area contributed by atoms with E-state index in [4.69, 9.17) is 9.47 Å². The van der Waals surface area contributed by atoms with Crippen LogP contribution in [0.5, 0.6) is 17.2 Å². The van der Waals surface area contributed by atoms with Crippen LogP contribution in [-0.4, -0.2) is 43.8 Å². The zero-order valence-corrected chi connectivity index (χ0v) is 16.5. The van der Waals surface area contributed by atoms with E-state index in [1.54, 1.807) is 36.9 Å². The molecule has 6 nitrogen and oxygen atoms in total. The molecule has 1 aliphatic heterocycles. The Bertz CT molecular complexity index is 862. The molecule has 1 saturated heterocycles. The molecular weight excluding hydrogens is 409 g/mol. The number of halogens is 3. The van der Waals surface area contributed by atoms with Crippen molar-refractivity contribution in [2.45, 2.75) is 11.7 Å². The highest BCUT2D eigenvalue weighted by Crippen LogP contribution is 2.41. The Labute approximate surface area is 169 Å². The summed E-state index contributed by atoms with van der Waals surface area (Å²) in [6, 6.07) is 10.1. The minimum atomic E-state index is -4.76. The third-order valence-electron chi connectivity index (χ3n) is 4.18. The average molecular weight is 428 g/mol. The number of amides is 2. The predicted molar refractivity (Wildman–Crippen MR) is 104 cm³/mol. The van der Waals surface area contributed by atoms with Gasteiger partial charge >= 0.3 is 12.4 Å². The SMILES string of the molecule is COc1ccc(C2SCCN2C(=O)Nc2ccc(OC(F)(F)F)cc2)cc1OC. The van der Waals surface area contributed by atoms with Crippen molar-refractivity contribution in [2.75, 3.05) is 31.8 Å². The number of rotatable bonds is 5. The molecule has 0 saturated carbocycles. The van der Waals surface area contributed by atoms with E-state index in [2.05, 4.69) is 10.1 Å². The van der Waals surface area contributed by atoms with Crippen LogP contribution in [0.25, 0.3) is 0 Å². The number of nitrogens with zero attached hydrogens (tertiary/aromatic N) is 1. The van der Waals surface area contributed by atoms with Gasteiger partial charge < -0.3 is 24.4 Å². The number of anilines is 1. The molecule has 1 unspecified atom stereocenters. The van der Waals surface area contributed by atoms with Crippen LogP contribution in [0.4, 0.5) is 23.7 Å². The number of ether oxygens (including phenoxy) is 3. The molecule has 1 heterocycles. The molecule has 2 amide bonds. The highest BCUT2D eigenvalue weighted by Gasteiger charge is 2.32. The quantitative estimate of drug-likeness (QED) is 0.736. The lowest BCUT2D eigenvalue weighted by atomic mass is 10.2. The maximum absolute atomic E-state index is 12.7. The lowest BCUT2D eigenvalue weighted by molar-refractivity contribution is -0.274. The van der Waals surface area contributed by atoms with Gasteiger partial charge in [0.05, 0.1) is 14.2 Å². The first-order chi connectivity index (χ1) is 13.8. The van der Waals surface area contributed by atoms with E-state index >= 15 is 0 Å². The molecule has 1 atom stereocenters. The summed E-state index contributed by atoms with van der Waals surface area (Å²) in [5.41, 5.74) is 1.25. The molecule has 156 valence electrons. The maximum Gasteiger partial charge on any atom is 0.573 e. The van der Waals surface area contributed by atoms with Gasteiger partial charge in [0, 0.05) is 18.0 Å². The smallest absolute Gasteiger partial charge is 0.493 e. The number of alkyl halides is 3. The highest BCUT2D eigenvalue weighted by molar-refractivity contribution is 7.99. The summed E-state index contributed by atoms with van der Waals surface area (Å²) in [7, 11) is 3.09. The number of benzene rings is 2. The van der Waals surface area contributed by atoms with E-state index in [0.29, 0.717) is 23.7 Å². The highest BCUT2D eigenvalue weighted by atomic mass is 32.2. The number of methoxy groups -OCH3 is 2. The van der Waals surface area contributed by atoms with E-state index in [9.17, 15) is 18.0 Å². The number of thioether (sulfide) groups is 1. The average Bonchev–Trinajstić information content (AvgIpc) is 3.18. The minimum Gasteiger partial charge on any atom is -0.493 e. The molecular formula is C19H19F3N2O4S. The molecule has 10 heteroatoms. The number of nitrogens with one attached hydrogen (secondary N) is 1. The molecule has 0 radical (unpaired) electrons. The fourth-order valence-corrected chi connectivity index (χ4v) is 4.14. The molecule has 2 aromatic rings. The van der Waals surface area contributed by atoms with Crippen LogP contribution in [0, 0.1) is 0 Å². The molecule has 1 N–H and O–H groups in total. The van der Waals surface area contributed by atoms with Crippen LogP contribution in [0.2, 0.25) is 0 Å². The summed E-state index contributed by atoms with van der Waals surface area (Å²) in [6.07, 6.45) is -4.76. The van der Waals surface area contributed by atoms with Gasteiger partial charge in [0.25, 0.3) is 0 Å². The summed E-state index contributed by atoms with van der Waals surface area (Å²) in [5, 5.41) is 2.49. The van der Waals surface area contributed by atoms with E-state index in [1.807, 2.05) is 12.1 Å². The van der Waals surface area contributed by atoms with Crippen LogP contribution in [0.15, 0.2) is 42.5 Å². The lowest BCUT2D eigenvalue weighted by Crippen LogP contribution is -2.34. The van der Waals surface area contributed by atoms with E-state index < -0.39 is 6.36 Å². The standard InChI is InChI=1S/C19H19F3N2O4S/c1-26-15-8-3-12(11-16(15)27-2)17-24(9-10-29-17)18(25)23-13-4-6-14(7-5-13)28-19(20,21)22/h3-8,11,17H,9-10H2,1-2H3,(H,23,25). The molecule has 29 heavy (non-hydrogen) atoms. The maximum atomic E-state index is 12.7. The van der Waals surface area contributed by atoms with Gasteiger partial charge in [-0.25, -0.2) is 4.79 Å². The Morgan fingerprint density at radius 3 is 2.41 bits per heavy atom. The van der Waals surface area contributed by atoms with Gasteiger partial charge in [0.15, 0.2) is 11.5 Å². The van der Waals surface area contributed by atoms with Crippen LogP contribution < -0.4 is 19.5 Å². The van der Waals surface area contributed by atoms with Crippen molar-refractivity contribution in [1.29, 1.82) is 0 Å². The van der Waals surface area contributed by atoms with E-state index in [1.165, 1.54) is 12.1 Å². The molecule has 2 aromatic carbocycles. The molecule has 1 aliphatic rings. The monoisotopic (exact) mass is 428 g/mol. The molecule has 1 fully saturated rings. The summed E-state index contributed by atoms with van der Waals surface area (Å²) in [6.45, 7) is 0.533. The van der Waals surface area contributed by atoms with Crippen LogP contribution in [0.3, 0.4) is 0 Å².